The van der Waals surface area contributed by atoms with Gasteiger partial charge in [-0.2, -0.15) is 0 Å². The first-order chi connectivity index (χ1) is 17.9. The smallest absolute Gasteiger partial charge is 0.295 e. The predicted octanol–water partition coefficient (Wildman–Crippen LogP) is 4.99. The fourth-order valence-electron chi connectivity index (χ4n) is 4.79. The topological polar surface area (TPSA) is 91.9 Å². The Morgan fingerprint density at radius 3 is 2.51 bits per heavy atom. The van der Waals surface area contributed by atoms with Crippen LogP contribution in [-0.2, 0) is 16.0 Å². The number of methoxy groups -OCH3 is 2. The van der Waals surface area contributed by atoms with Gasteiger partial charge >= 0.3 is 0 Å². The van der Waals surface area contributed by atoms with E-state index in [1.165, 1.54) is 30.2 Å². The van der Waals surface area contributed by atoms with Gasteiger partial charge in [0.25, 0.3) is 11.7 Å². The zero-order valence-corrected chi connectivity index (χ0v) is 20.3. The molecular formula is C29H25FN2O5. The lowest BCUT2D eigenvalue weighted by molar-refractivity contribution is -0.139. The Hall–Kier alpha value is -4.59. The zero-order valence-electron chi connectivity index (χ0n) is 20.3. The number of halogens is 1. The number of aliphatic hydroxyl groups excluding tert-OH is 1. The maximum absolute atomic E-state index is 14.2. The van der Waals surface area contributed by atoms with Gasteiger partial charge in [0, 0.05) is 29.2 Å². The normalized spacial score (nSPS) is 16.9. The van der Waals surface area contributed by atoms with Crippen molar-refractivity contribution >= 4 is 28.4 Å². The molecule has 1 aliphatic rings. The van der Waals surface area contributed by atoms with Gasteiger partial charge in [-0.15, -0.1) is 0 Å². The second kappa shape index (κ2) is 9.81. The number of rotatable bonds is 7. The number of ether oxygens (including phenoxy) is 2. The van der Waals surface area contributed by atoms with Crippen LogP contribution in [0.1, 0.15) is 22.7 Å². The highest BCUT2D eigenvalue weighted by molar-refractivity contribution is 6.46. The Balaban J connectivity index is 1.56. The Morgan fingerprint density at radius 2 is 1.76 bits per heavy atom. The van der Waals surface area contributed by atoms with E-state index in [0.29, 0.717) is 29.0 Å². The number of hydrogen-bond donors (Lipinski definition) is 2. The van der Waals surface area contributed by atoms with Crippen molar-refractivity contribution in [1.29, 1.82) is 0 Å². The van der Waals surface area contributed by atoms with Gasteiger partial charge in [-0.25, -0.2) is 4.39 Å². The molecule has 2 N–H and O–H groups in total. The SMILES string of the molecule is COc1cccc(C(O)=C2C(=O)C(=O)N(CCc3c[nH]c4ccc(OC)cc34)[C@@H]2c2cccc(F)c2)c1. The first kappa shape index (κ1) is 24.1. The summed E-state index contributed by atoms with van der Waals surface area (Å²) in [5, 5.41) is 12.1. The number of ketones is 1. The second-order valence-electron chi connectivity index (χ2n) is 8.75. The van der Waals surface area contributed by atoms with Crippen molar-refractivity contribution < 1.29 is 28.6 Å². The molecule has 37 heavy (non-hydrogen) atoms. The van der Waals surface area contributed by atoms with Gasteiger partial charge in [-0.1, -0.05) is 24.3 Å². The number of benzene rings is 3. The third-order valence-corrected chi connectivity index (χ3v) is 6.64. The zero-order chi connectivity index (χ0) is 26.1. The Morgan fingerprint density at radius 1 is 1.00 bits per heavy atom. The highest BCUT2D eigenvalue weighted by atomic mass is 19.1. The fraction of sp³-hybridized carbons (Fsp3) is 0.172. The monoisotopic (exact) mass is 500 g/mol. The summed E-state index contributed by atoms with van der Waals surface area (Å²) in [4.78, 5) is 31.1. The van der Waals surface area contributed by atoms with Crippen LogP contribution in [0.3, 0.4) is 0 Å². The number of likely N-dealkylation sites (tertiary alicyclic amines) is 1. The maximum Gasteiger partial charge on any atom is 0.295 e. The molecule has 1 aliphatic heterocycles. The van der Waals surface area contributed by atoms with Crippen molar-refractivity contribution in [2.75, 3.05) is 20.8 Å². The third-order valence-electron chi connectivity index (χ3n) is 6.64. The largest absolute Gasteiger partial charge is 0.507 e. The second-order valence-corrected chi connectivity index (χ2v) is 8.75. The number of carbonyl (C=O) groups excluding carboxylic acids is 2. The molecule has 0 aliphatic carbocycles. The number of nitrogens with one attached hydrogen (secondary N) is 1. The number of nitrogens with zero attached hydrogens (tertiary/aromatic N) is 1. The summed E-state index contributed by atoms with van der Waals surface area (Å²) < 4.78 is 24.8. The summed E-state index contributed by atoms with van der Waals surface area (Å²) in [5.41, 5.74) is 2.47. The number of carbonyl (C=O) groups is 2. The Labute approximate surface area is 212 Å². The average molecular weight is 501 g/mol. The van der Waals surface area contributed by atoms with Crippen molar-refractivity contribution in [3.63, 3.8) is 0 Å². The molecule has 1 saturated heterocycles. The van der Waals surface area contributed by atoms with Crippen LogP contribution in [0.4, 0.5) is 4.39 Å². The first-order valence-corrected chi connectivity index (χ1v) is 11.7. The molecule has 1 amide bonds. The average Bonchev–Trinajstić information content (AvgIpc) is 3.44. The minimum atomic E-state index is -0.957. The van der Waals surface area contributed by atoms with Gasteiger partial charge in [0.2, 0.25) is 0 Å². The molecular weight excluding hydrogens is 475 g/mol. The number of fused-ring (bicyclic) bond motifs is 1. The molecule has 0 unspecified atom stereocenters. The molecule has 188 valence electrons. The molecule has 1 aromatic heterocycles. The van der Waals surface area contributed by atoms with Crippen molar-refractivity contribution in [2.45, 2.75) is 12.5 Å². The van der Waals surface area contributed by atoms with Crippen LogP contribution in [0.5, 0.6) is 11.5 Å². The lowest BCUT2D eigenvalue weighted by Gasteiger charge is -2.25. The number of amides is 1. The van der Waals surface area contributed by atoms with Crippen LogP contribution in [0.15, 0.2) is 78.5 Å². The van der Waals surface area contributed by atoms with Crippen LogP contribution < -0.4 is 9.47 Å². The summed E-state index contributed by atoms with van der Waals surface area (Å²) in [5.74, 6) is -1.24. The standard InChI is InChI=1S/C29H25FN2O5/c1-36-21-8-4-6-18(14-21)27(33)25-26(17-5-3-7-20(30)13-17)32(29(35)28(25)34)12-11-19-16-31-24-10-9-22(37-2)15-23(19)24/h3-10,13-16,26,31,33H,11-12H2,1-2H3/t26-/m1/s1. The van der Waals surface area contributed by atoms with Crippen LogP contribution in [-0.4, -0.2) is 47.4 Å². The van der Waals surface area contributed by atoms with E-state index in [9.17, 15) is 19.1 Å². The van der Waals surface area contributed by atoms with E-state index in [4.69, 9.17) is 9.47 Å². The molecule has 1 atom stereocenters. The van der Waals surface area contributed by atoms with E-state index < -0.39 is 23.5 Å². The van der Waals surface area contributed by atoms with Gasteiger partial charge in [0.05, 0.1) is 25.8 Å². The Kier molecular flexibility index (Phi) is 6.40. The Bertz CT molecular complexity index is 1540. The van der Waals surface area contributed by atoms with Crippen LogP contribution in [0, 0.1) is 5.82 Å². The molecule has 7 nitrogen and oxygen atoms in total. The molecule has 4 aromatic rings. The van der Waals surface area contributed by atoms with E-state index in [0.717, 1.165) is 16.5 Å². The van der Waals surface area contributed by atoms with Gasteiger partial charge in [-0.3, -0.25) is 9.59 Å². The number of H-pyrrole nitrogens is 1. The summed E-state index contributed by atoms with van der Waals surface area (Å²) in [7, 11) is 3.08. The molecule has 0 radical (unpaired) electrons. The van der Waals surface area contributed by atoms with Crippen molar-refractivity contribution in [3.05, 3.63) is 101 Å². The molecule has 0 spiro atoms. The van der Waals surface area contributed by atoms with Crippen molar-refractivity contribution in [3.8, 4) is 11.5 Å². The third kappa shape index (κ3) is 4.42. The molecule has 3 aromatic carbocycles. The van der Waals surface area contributed by atoms with E-state index in [1.807, 2.05) is 24.4 Å². The van der Waals surface area contributed by atoms with Crippen LogP contribution in [0.2, 0.25) is 0 Å². The summed E-state index contributed by atoms with van der Waals surface area (Å²) in [6, 6.07) is 17.0. The lowest BCUT2D eigenvalue weighted by atomic mass is 9.95. The molecule has 2 heterocycles. The molecule has 5 rings (SSSR count). The van der Waals surface area contributed by atoms with Crippen LogP contribution in [0.25, 0.3) is 16.7 Å². The van der Waals surface area contributed by atoms with E-state index >= 15 is 0 Å². The minimum absolute atomic E-state index is 0.0931. The van der Waals surface area contributed by atoms with Crippen molar-refractivity contribution in [1.82, 2.24) is 9.88 Å². The predicted molar refractivity (Wildman–Crippen MR) is 137 cm³/mol. The molecule has 0 saturated carbocycles. The van der Waals surface area contributed by atoms with E-state index in [2.05, 4.69) is 4.98 Å². The highest BCUT2D eigenvalue weighted by Crippen LogP contribution is 2.40. The van der Waals surface area contributed by atoms with Crippen molar-refractivity contribution in [2.24, 2.45) is 0 Å². The fourth-order valence-corrected chi connectivity index (χ4v) is 4.79. The molecule has 0 bridgehead atoms. The molecule has 8 heteroatoms. The lowest BCUT2D eigenvalue weighted by Crippen LogP contribution is -2.31. The highest BCUT2D eigenvalue weighted by Gasteiger charge is 2.46. The first-order valence-electron chi connectivity index (χ1n) is 11.7. The molecule has 1 fully saturated rings. The van der Waals surface area contributed by atoms with E-state index in [-0.39, 0.29) is 17.9 Å². The summed E-state index contributed by atoms with van der Waals surface area (Å²) in [6.45, 7) is 0.171. The summed E-state index contributed by atoms with van der Waals surface area (Å²) >= 11 is 0. The summed E-state index contributed by atoms with van der Waals surface area (Å²) in [6.07, 6.45) is 2.28. The minimum Gasteiger partial charge on any atom is -0.507 e. The number of aliphatic hydroxyl groups is 1. The quantitative estimate of drug-likeness (QED) is 0.212. The number of hydrogen-bond acceptors (Lipinski definition) is 5. The maximum atomic E-state index is 14.2. The van der Waals surface area contributed by atoms with E-state index in [1.54, 1.807) is 37.4 Å². The number of aromatic nitrogens is 1. The van der Waals surface area contributed by atoms with Gasteiger partial charge in [0.1, 0.15) is 23.1 Å². The number of Topliss-reactive ketones (excluding diaryl/α,β-unsaturated/α-hetero) is 1. The van der Waals surface area contributed by atoms with Gasteiger partial charge in [-0.05, 0) is 60.0 Å². The van der Waals surface area contributed by atoms with Crippen LogP contribution >= 0.6 is 0 Å². The van der Waals surface area contributed by atoms with Gasteiger partial charge in [0.15, 0.2) is 0 Å². The number of aromatic amines is 1. The van der Waals surface area contributed by atoms with Gasteiger partial charge < -0.3 is 24.5 Å².